The number of halogens is 3. The van der Waals surface area contributed by atoms with Gasteiger partial charge in [0.25, 0.3) is 0 Å². The number of hydrogen-bond acceptors (Lipinski definition) is 5. The lowest BCUT2D eigenvalue weighted by molar-refractivity contribution is -0.0835. The molecule has 2 aliphatic heterocycles. The molecular formula is C12H19F3O5S. The van der Waals surface area contributed by atoms with Crippen molar-refractivity contribution in [1.29, 1.82) is 0 Å². The molecule has 2 atom stereocenters. The van der Waals surface area contributed by atoms with Crippen molar-refractivity contribution < 1.29 is 35.2 Å². The van der Waals surface area contributed by atoms with Gasteiger partial charge in [-0.1, -0.05) is 0 Å². The second-order valence-electron chi connectivity index (χ2n) is 5.42. The predicted molar refractivity (Wildman–Crippen MR) is 66.9 cm³/mol. The van der Waals surface area contributed by atoms with Gasteiger partial charge in [-0.15, -0.1) is 0 Å². The van der Waals surface area contributed by atoms with Crippen LogP contribution in [-0.2, 0) is 23.8 Å². The summed E-state index contributed by atoms with van der Waals surface area (Å²) in [6.07, 6.45) is 1.51. The van der Waals surface area contributed by atoms with Crippen LogP contribution in [0.1, 0.15) is 25.7 Å². The van der Waals surface area contributed by atoms with Crippen molar-refractivity contribution in [2.45, 2.75) is 37.3 Å². The van der Waals surface area contributed by atoms with Gasteiger partial charge in [0, 0.05) is 25.0 Å². The van der Waals surface area contributed by atoms with Crippen LogP contribution in [0.25, 0.3) is 0 Å². The van der Waals surface area contributed by atoms with Gasteiger partial charge in [-0.25, -0.2) is 0 Å². The second-order valence-corrected chi connectivity index (χ2v) is 6.98. The Morgan fingerprint density at radius 1 is 1.00 bits per heavy atom. The zero-order valence-corrected chi connectivity index (χ0v) is 12.3. The molecule has 0 aliphatic carbocycles. The lowest BCUT2D eigenvalue weighted by Crippen LogP contribution is -2.43. The van der Waals surface area contributed by atoms with E-state index in [0.29, 0.717) is 38.9 Å². The molecule has 21 heavy (non-hydrogen) atoms. The summed E-state index contributed by atoms with van der Waals surface area (Å²) in [6, 6.07) is 0. The van der Waals surface area contributed by atoms with Gasteiger partial charge in [0.1, 0.15) is 0 Å². The van der Waals surface area contributed by atoms with Crippen LogP contribution in [0.4, 0.5) is 13.2 Å². The lowest BCUT2D eigenvalue weighted by atomic mass is 9.84. The zero-order valence-electron chi connectivity index (χ0n) is 11.5. The van der Waals surface area contributed by atoms with E-state index >= 15 is 0 Å². The third-order valence-corrected chi connectivity index (χ3v) is 4.88. The monoisotopic (exact) mass is 332 g/mol. The van der Waals surface area contributed by atoms with E-state index in [-0.39, 0.29) is 25.0 Å². The Kier molecular flexibility index (Phi) is 5.50. The van der Waals surface area contributed by atoms with E-state index in [4.69, 9.17) is 9.47 Å². The first-order chi connectivity index (χ1) is 9.81. The summed E-state index contributed by atoms with van der Waals surface area (Å²) >= 11 is 0. The Hall–Kier alpha value is -0.380. The van der Waals surface area contributed by atoms with Crippen LogP contribution in [0, 0.1) is 11.8 Å². The van der Waals surface area contributed by atoms with Crippen molar-refractivity contribution in [3.8, 4) is 0 Å². The molecule has 5 nitrogen and oxygen atoms in total. The Labute approximate surface area is 121 Å². The van der Waals surface area contributed by atoms with E-state index in [9.17, 15) is 21.6 Å². The maximum Gasteiger partial charge on any atom is 0.523 e. The highest BCUT2D eigenvalue weighted by atomic mass is 32.2. The van der Waals surface area contributed by atoms with Crippen LogP contribution in [0.15, 0.2) is 0 Å². The fourth-order valence-electron chi connectivity index (χ4n) is 2.79. The molecule has 0 bridgehead atoms. The van der Waals surface area contributed by atoms with Gasteiger partial charge in [-0.3, -0.25) is 4.18 Å². The number of hydrogen-bond donors (Lipinski definition) is 0. The summed E-state index contributed by atoms with van der Waals surface area (Å²) in [4.78, 5) is 0. The highest BCUT2D eigenvalue weighted by Gasteiger charge is 2.50. The molecule has 0 spiro atoms. The zero-order chi connectivity index (χ0) is 15.5. The summed E-state index contributed by atoms with van der Waals surface area (Å²) < 4.78 is 75.4. The summed E-state index contributed by atoms with van der Waals surface area (Å²) in [7, 11) is -5.61. The molecule has 2 rings (SSSR count). The van der Waals surface area contributed by atoms with Crippen molar-refractivity contribution in [2.75, 3.05) is 26.4 Å². The molecule has 0 N–H and O–H groups in total. The Balaban J connectivity index is 2.14. The molecule has 0 aromatic rings. The van der Waals surface area contributed by atoms with Crippen LogP contribution in [-0.4, -0.2) is 46.5 Å². The second kappa shape index (κ2) is 6.80. The van der Waals surface area contributed by atoms with E-state index in [1.54, 1.807) is 0 Å². The first-order valence-corrected chi connectivity index (χ1v) is 8.37. The van der Waals surface area contributed by atoms with Gasteiger partial charge in [0.05, 0.1) is 19.3 Å². The van der Waals surface area contributed by atoms with Crippen LogP contribution in [0.5, 0.6) is 0 Å². The molecule has 0 saturated carbocycles. The fraction of sp³-hybridized carbons (Fsp3) is 1.00. The molecule has 124 valence electrons. The van der Waals surface area contributed by atoms with E-state index in [0.717, 1.165) is 0 Å². The van der Waals surface area contributed by atoms with Crippen molar-refractivity contribution in [3.63, 3.8) is 0 Å². The number of rotatable bonds is 4. The lowest BCUT2D eigenvalue weighted by Gasteiger charge is -2.36. The van der Waals surface area contributed by atoms with Gasteiger partial charge < -0.3 is 9.47 Å². The number of alkyl halides is 3. The molecule has 0 aromatic heterocycles. The molecule has 2 heterocycles. The van der Waals surface area contributed by atoms with E-state index in [1.165, 1.54) is 0 Å². The Morgan fingerprint density at radius 3 is 1.81 bits per heavy atom. The Bertz CT molecular complexity index is 407. The summed E-state index contributed by atoms with van der Waals surface area (Å²) in [5, 5.41) is 0. The van der Waals surface area contributed by atoms with Crippen LogP contribution in [0.2, 0.25) is 0 Å². The van der Waals surface area contributed by atoms with Crippen molar-refractivity contribution in [1.82, 2.24) is 0 Å². The predicted octanol–water partition coefficient (Wildman–Crippen LogP) is 2.07. The third-order valence-electron chi connectivity index (χ3n) is 3.84. The summed E-state index contributed by atoms with van der Waals surface area (Å²) in [6.45, 7) is 1.51. The SMILES string of the molecule is O=S(=O)(OC(C1CCCOC1)C1CCCOC1)C(F)(F)F. The average Bonchev–Trinajstić information content (AvgIpc) is 2.45. The minimum Gasteiger partial charge on any atom is -0.381 e. The normalized spacial score (nSPS) is 30.0. The Morgan fingerprint density at radius 2 is 1.48 bits per heavy atom. The first-order valence-electron chi connectivity index (χ1n) is 6.96. The maximum atomic E-state index is 12.6. The molecule has 2 aliphatic rings. The molecule has 2 saturated heterocycles. The van der Waals surface area contributed by atoms with Gasteiger partial charge in [0.2, 0.25) is 0 Å². The third kappa shape index (κ3) is 4.30. The fourth-order valence-corrected chi connectivity index (χ4v) is 3.51. The molecule has 2 fully saturated rings. The largest absolute Gasteiger partial charge is 0.523 e. The van der Waals surface area contributed by atoms with Crippen LogP contribution in [0.3, 0.4) is 0 Å². The summed E-state index contributed by atoms with van der Waals surface area (Å²) in [5.41, 5.74) is -5.41. The van der Waals surface area contributed by atoms with E-state index in [2.05, 4.69) is 4.18 Å². The van der Waals surface area contributed by atoms with Crippen molar-refractivity contribution in [2.24, 2.45) is 11.8 Å². The molecular weight excluding hydrogens is 313 g/mol. The first kappa shape index (κ1) is 17.0. The van der Waals surface area contributed by atoms with Gasteiger partial charge in [-0.05, 0) is 25.7 Å². The molecule has 0 aromatic carbocycles. The standard InChI is InChI=1S/C12H19F3O5S/c13-12(14,15)21(16,17)20-11(9-3-1-5-18-7-9)10-4-2-6-19-8-10/h9-11H,1-8H2. The molecule has 9 heteroatoms. The highest BCUT2D eigenvalue weighted by molar-refractivity contribution is 7.87. The van der Waals surface area contributed by atoms with Crippen molar-refractivity contribution in [3.05, 3.63) is 0 Å². The average molecular weight is 332 g/mol. The van der Waals surface area contributed by atoms with E-state index < -0.39 is 21.7 Å². The van der Waals surface area contributed by atoms with Gasteiger partial charge in [-0.2, -0.15) is 21.6 Å². The summed E-state index contributed by atoms with van der Waals surface area (Å²) in [5.74, 6) is -0.717. The molecule has 0 amide bonds. The van der Waals surface area contributed by atoms with Gasteiger partial charge in [0.15, 0.2) is 0 Å². The van der Waals surface area contributed by atoms with Crippen molar-refractivity contribution >= 4 is 10.1 Å². The smallest absolute Gasteiger partial charge is 0.381 e. The van der Waals surface area contributed by atoms with E-state index in [1.807, 2.05) is 0 Å². The quantitative estimate of drug-likeness (QED) is 0.583. The van der Waals surface area contributed by atoms with Crippen LogP contribution >= 0.6 is 0 Å². The highest BCUT2D eigenvalue weighted by Crippen LogP contribution is 2.34. The minimum absolute atomic E-state index is 0.217. The number of ether oxygens (including phenoxy) is 2. The minimum atomic E-state index is -5.61. The molecule has 2 unspecified atom stereocenters. The van der Waals surface area contributed by atoms with Crippen LogP contribution < -0.4 is 0 Å². The molecule has 0 radical (unpaired) electrons. The topological polar surface area (TPSA) is 61.8 Å². The van der Waals surface area contributed by atoms with Gasteiger partial charge >= 0.3 is 15.6 Å². The maximum absolute atomic E-state index is 12.6.